The largest absolute Gasteiger partial charge is 0.497 e. The highest BCUT2D eigenvalue weighted by atomic mass is 19.1. The summed E-state index contributed by atoms with van der Waals surface area (Å²) in [7, 11) is 1.64. The molecule has 1 aliphatic rings. The molecule has 0 bridgehead atoms. The Morgan fingerprint density at radius 3 is 2.89 bits per heavy atom. The second-order valence-corrected chi connectivity index (χ2v) is 6.62. The van der Waals surface area contributed by atoms with Crippen LogP contribution in [0.2, 0.25) is 0 Å². The molecule has 5 nitrogen and oxygen atoms in total. The van der Waals surface area contributed by atoms with E-state index in [1.165, 1.54) is 6.07 Å². The summed E-state index contributed by atoms with van der Waals surface area (Å²) >= 11 is 0. The predicted molar refractivity (Wildman–Crippen MR) is 101 cm³/mol. The average Bonchev–Trinajstić information content (AvgIpc) is 3.17. The van der Waals surface area contributed by atoms with Crippen LogP contribution in [0.3, 0.4) is 0 Å². The number of piperazine rings is 1. The monoisotopic (exact) mass is 367 g/mol. The zero-order valence-electron chi connectivity index (χ0n) is 15.2. The van der Waals surface area contributed by atoms with Crippen LogP contribution in [0.25, 0.3) is 11.5 Å². The Morgan fingerprint density at radius 1 is 1.26 bits per heavy atom. The first-order valence-corrected chi connectivity index (χ1v) is 9.02. The minimum absolute atomic E-state index is 0.107. The molecule has 1 N–H and O–H groups in total. The van der Waals surface area contributed by atoms with Gasteiger partial charge in [0.25, 0.3) is 0 Å². The van der Waals surface area contributed by atoms with Crippen LogP contribution in [-0.4, -0.2) is 36.6 Å². The number of rotatable bonds is 5. The van der Waals surface area contributed by atoms with Crippen LogP contribution in [0.4, 0.5) is 4.39 Å². The lowest BCUT2D eigenvalue weighted by molar-refractivity contribution is 0.151. The molecule has 0 saturated carbocycles. The molecule has 27 heavy (non-hydrogen) atoms. The van der Waals surface area contributed by atoms with Crippen molar-refractivity contribution in [3.05, 3.63) is 71.9 Å². The van der Waals surface area contributed by atoms with E-state index in [0.717, 1.165) is 42.2 Å². The number of halogens is 1. The molecule has 0 aliphatic carbocycles. The zero-order valence-corrected chi connectivity index (χ0v) is 15.2. The summed E-state index contributed by atoms with van der Waals surface area (Å²) in [6.07, 6.45) is 1.70. The van der Waals surface area contributed by atoms with Gasteiger partial charge in [0.15, 0.2) is 0 Å². The Balaban J connectivity index is 1.51. The van der Waals surface area contributed by atoms with Gasteiger partial charge < -0.3 is 14.5 Å². The van der Waals surface area contributed by atoms with E-state index in [1.54, 1.807) is 25.5 Å². The topological polar surface area (TPSA) is 50.5 Å². The van der Waals surface area contributed by atoms with Crippen molar-refractivity contribution in [1.29, 1.82) is 0 Å². The van der Waals surface area contributed by atoms with E-state index >= 15 is 0 Å². The quantitative estimate of drug-likeness (QED) is 0.746. The smallest absolute Gasteiger partial charge is 0.226 e. The summed E-state index contributed by atoms with van der Waals surface area (Å²) in [5.74, 6) is 1.18. The summed E-state index contributed by atoms with van der Waals surface area (Å²) in [5.41, 5.74) is 2.74. The molecule has 2 aromatic carbocycles. The van der Waals surface area contributed by atoms with Crippen molar-refractivity contribution >= 4 is 0 Å². The van der Waals surface area contributed by atoms with Gasteiger partial charge in [0.1, 0.15) is 17.8 Å². The maximum absolute atomic E-state index is 13.6. The Hall–Kier alpha value is -2.70. The summed E-state index contributed by atoms with van der Waals surface area (Å²) < 4.78 is 24.5. The van der Waals surface area contributed by atoms with E-state index < -0.39 is 0 Å². The Morgan fingerprint density at radius 2 is 2.11 bits per heavy atom. The summed E-state index contributed by atoms with van der Waals surface area (Å²) in [4.78, 5) is 6.94. The third-order valence-electron chi connectivity index (χ3n) is 4.84. The molecule has 1 atom stereocenters. The molecule has 1 fully saturated rings. The number of ether oxygens (including phenoxy) is 1. The molecule has 3 aromatic rings. The SMILES string of the molecule is COc1ccc(-c2nc(CN3CCNCC3c3cccc(F)c3)co2)cc1. The number of nitrogens with zero attached hydrogens (tertiary/aromatic N) is 2. The molecule has 6 heteroatoms. The lowest BCUT2D eigenvalue weighted by Gasteiger charge is -2.36. The van der Waals surface area contributed by atoms with Crippen molar-refractivity contribution in [1.82, 2.24) is 15.2 Å². The molecule has 0 amide bonds. The Labute approximate surface area is 157 Å². The lowest BCUT2D eigenvalue weighted by atomic mass is 10.0. The molecular weight excluding hydrogens is 345 g/mol. The number of nitrogens with one attached hydrogen (secondary N) is 1. The van der Waals surface area contributed by atoms with E-state index in [-0.39, 0.29) is 11.9 Å². The van der Waals surface area contributed by atoms with Gasteiger partial charge in [0.05, 0.1) is 12.8 Å². The number of hydrogen-bond acceptors (Lipinski definition) is 5. The first-order chi connectivity index (χ1) is 13.2. The fraction of sp³-hybridized carbons (Fsp3) is 0.286. The molecular formula is C21H22FN3O2. The number of aromatic nitrogens is 1. The molecule has 1 aliphatic heterocycles. The Bertz CT molecular complexity index is 894. The molecule has 0 radical (unpaired) electrons. The van der Waals surface area contributed by atoms with E-state index in [2.05, 4.69) is 15.2 Å². The Kier molecular flexibility index (Phi) is 5.18. The molecule has 4 rings (SSSR count). The average molecular weight is 367 g/mol. The molecule has 2 heterocycles. The van der Waals surface area contributed by atoms with Gasteiger partial charge in [-0.1, -0.05) is 12.1 Å². The summed E-state index contributed by atoms with van der Waals surface area (Å²) in [6.45, 7) is 3.20. The fourth-order valence-corrected chi connectivity index (χ4v) is 3.43. The van der Waals surface area contributed by atoms with Crippen LogP contribution in [0.15, 0.2) is 59.2 Å². The first kappa shape index (κ1) is 17.7. The van der Waals surface area contributed by atoms with E-state index in [9.17, 15) is 4.39 Å². The van der Waals surface area contributed by atoms with Crippen molar-refractivity contribution in [2.24, 2.45) is 0 Å². The normalized spacial score (nSPS) is 17.8. The highest BCUT2D eigenvalue weighted by Gasteiger charge is 2.25. The van der Waals surface area contributed by atoms with Crippen LogP contribution in [0, 0.1) is 5.82 Å². The first-order valence-electron chi connectivity index (χ1n) is 9.02. The van der Waals surface area contributed by atoms with E-state index in [0.29, 0.717) is 12.4 Å². The minimum atomic E-state index is -0.207. The van der Waals surface area contributed by atoms with Gasteiger partial charge in [-0.25, -0.2) is 9.37 Å². The number of oxazole rings is 1. The van der Waals surface area contributed by atoms with Crippen molar-refractivity contribution < 1.29 is 13.5 Å². The van der Waals surface area contributed by atoms with Crippen LogP contribution in [0.5, 0.6) is 5.75 Å². The minimum Gasteiger partial charge on any atom is -0.497 e. The van der Waals surface area contributed by atoms with Gasteiger partial charge in [0, 0.05) is 37.8 Å². The highest BCUT2D eigenvalue weighted by molar-refractivity contribution is 5.54. The summed E-state index contributed by atoms with van der Waals surface area (Å²) in [5, 5.41) is 3.39. The van der Waals surface area contributed by atoms with Crippen molar-refractivity contribution in [3.8, 4) is 17.2 Å². The van der Waals surface area contributed by atoms with Crippen LogP contribution < -0.4 is 10.1 Å². The van der Waals surface area contributed by atoms with Gasteiger partial charge in [0.2, 0.25) is 5.89 Å². The number of benzene rings is 2. The van der Waals surface area contributed by atoms with Crippen LogP contribution >= 0.6 is 0 Å². The van der Waals surface area contributed by atoms with Crippen LogP contribution in [0.1, 0.15) is 17.3 Å². The van der Waals surface area contributed by atoms with Crippen molar-refractivity contribution in [3.63, 3.8) is 0 Å². The van der Waals surface area contributed by atoms with E-state index in [1.807, 2.05) is 30.3 Å². The zero-order chi connectivity index (χ0) is 18.6. The van der Waals surface area contributed by atoms with Gasteiger partial charge in [-0.05, 0) is 42.0 Å². The number of hydrogen-bond donors (Lipinski definition) is 1. The molecule has 1 saturated heterocycles. The second-order valence-electron chi connectivity index (χ2n) is 6.62. The van der Waals surface area contributed by atoms with Crippen LogP contribution in [-0.2, 0) is 6.54 Å². The number of methoxy groups -OCH3 is 1. The maximum Gasteiger partial charge on any atom is 0.226 e. The third-order valence-corrected chi connectivity index (χ3v) is 4.84. The third kappa shape index (κ3) is 4.02. The summed E-state index contributed by atoms with van der Waals surface area (Å²) in [6, 6.07) is 14.5. The molecule has 0 spiro atoms. The highest BCUT2D eigenvalue weighted by Crippen LogP contribution is 2.26. The predicted octanol–water partition coefficient (Wildman–Crippen LogP) is 3.64. The van der Waals surface area contributed by atoms with Gasteiger partial charge in [-0.3, -0.25) is 4.90 Å². The lowest BCUT2D eigenvalue weighted by Crippen LogP contribution is -2.45. The fourth-order valence-electron chi connectivity index (χ4n) is 3.43. The van der Waals surface area contributed by atoms with E-state index in [4.69, 9.17) is 9.15 Å². The molecule has 140 valence electrons. The van der Waals surface area contributed by atoms with Gasteiger partial charge in [-0.2, -0.15) is 0 Å². The standard InChI is InChI=1S/C21H22FN3O2/c1-26-19-7-5-15(6-8-19)21-24-18(14-27-21)13-25-10-9-23-12-20(25)16-3-2-4-17(22)11-16/h2-8,11,14,20,23H,9-10,12-13H2,1H3. The maximum atomic E-state index is 13.6. The molecule has 1 aromatic heterocycles. The van der Waals surface area contributed by atoms with Gasteiger partial charge in [-0.15, -0.1) is 0 Å². The second kappa shape index (κ2) is 7.90. The molecule has 1 unspecified atom stereocenters. The van der Waals surface area contributed by atoms with Crippen molar-refractivity contribution in [2.75, 3.05) is 26.7 Å². The van der Waals surface area contributed by atoms with Gasteiger partial charge >= 0.3 is 0 Å². The van der Waals surface area contributed by atoms with Crippen molar-refractivity contribution in [2.45, 2.75) is 12.6 Å².